The molecule has 2 heterocycles. The van der Waals surface area contributed by atoms with Gasteiger partial charge >= 0.3 is 0 Å². The predicted molar refractivity (Wildman–Crippen MR) is 85.6 cm³/mol. The van der Waals surface area contributed by atoms with Gasteiger partial charge in [-0.15, -0.1) is 0 Å². The van der Waals surface area contributed by atoms with Gasteiger partial charge in [0.25, 0.3) is 5.56 Å². The quantitative estimate of drug-likeness (QED) is 0.739. The topological polar surface area (TPSA) is 65.7 Å². The molecule has 0 amide bonds. The normalized spacial score (nSPS) is 11.2. The van der Waals surface area contributed by atoms with Gasteiger partial charge in [0.1, 0.15) is 17.0 Å². The lowest BCUT2D eigenvalue weighted by molar-refractivity contribution is 0.394. The van der Waals surface area contributed by atoms with Gasteiger partial charge in [0.05, 0.1) is 19.9 Å². The minimum absolute atomic E-state index is 0.201. The second-order valence-electron chi connectivity index (χ2n) is 4.39. The molecule has 112 valence electrons. The minimum Gasteiger partial charge on any atom is -0.497 e. The van der Waals surface area contributed by atoms with E-state index in [1.807, 2.05) is 18.2 Å². The first kappa shape index (κ1) is 14.3. The standard InChI is InChI=1S/C15H13N3O3S/c1-20-12-6-4-10(13(8-12)21-2)3-5-11-7-14(19)18-15(17-11)22-9-16-18/h3-9H,1-2H3/b5-3+. The van der Waals surface area contributed by atoms with Gasteiger partial charge < -0.3 is 9.47 Å². The number of methoxy groups -OCH3 is 2. The fourth-order valence-corrected chi connectivity index (χ4v) is 2.62. The first-order valence-corrected chi connectivity index (χ1v) is 7.33. The maximum atomic E-state index is 11.9. The number of hydrogen-bond donors (Lipinski definition) is 0. The van der Waals surface area contributed by atoms with Crippen LogP contribution in [-0.2, 0) is 0 Å². The number of rotatable bonds is 4. The fraction of sp³-hybridized carbons (Fsp3) is 0.133. The van der Waals surface area contributed by atoms with Crippen molar-refractivity contribution in [3.63, 3.8) is 0 Å². The van der Waals surface area contributed by atoms with Gasteiger partial charge in [-0.1, -0.05) is 11.3 Å². The van der Waals surface area contributed by atoms with E-state index >= 15 is 0 Å². The molecule has 0 fully saturated rings. The lowest BCUT2D eigenvalue weighted by Crippen LogP contribution is -2.13. The molecule has 0 aliphatic rings. The maximum absolute atomic E-state index is 11.9. The summed E-state index contributed by atoms with van der Waals surface area (Å²) in [4.78, 5) is 16.8. The van der Waals surface area contributed by atoms with Gasteiger partial charge in [-0.2, -0.15) is 9.61 Å². The van der Waals surface area contributed by atoms with Crippen LogP contribution in [0.5, 0.6) is 11.5 Å². The SMILES string of the molecule is COc1ccc(/C=C/c2cc(=O)n3ncsc3n2)c(OC)c1. The summed E-state index contributed by atoms with van der Waals surface area (Å²) in [6, 6.07) is 6.97. The Balaban J connectivity index is 1.97. The molecule has 0 aliphatic heterocycles. The van der Waals surface area contributed by atoms with Crippen molar-refractivity contribution in [2.24, 2.45) is 0 Å². The average molecular weight is 315 g/mol. The molecule has 0 saturated carbocycles. The number of aromatic nitrogens is 3. The molecule has 6 nitrogen and oxygen atoms in total. The molecule has 0 spiro atoms. The van der Waals surface area contributed by atoms with Crippen molar-refractivity contribution in [2.75, 3.05) is 14.2 Å². The zero-order chi connectivity index (χ0) is 15.5. The molecular formula is C15H13N3O3S. The monoisotopic (exact) mass is 315 g/mol. The smallest absolute Gasteiger partial charge is 0.275 e. The molecule has 1 aromatic carbocycles. The van der Waals surface area contributed by atoms with Crippen LogP contribution >= 0.6 is 11.3 Å². The molecule has 7 heteroatoms. The third-order valence-corrected chi connectivity index (χ3v) is 3.76. The molecule has 3 rings (SSSR count). The Kier molecular flexibility index (Phi) is 3.88. The van der Waals surface area contributed by atoms with Crippen molar-refractivity contribution >= 4 is 28.4 Å². The van der Waals surface area contributed by atoms with Gasteiger partial charge in [0.15, 0.2) is 0 Å². The summed E-state index contributed by atoms with van der Waals surface area (Å²) in [5, 5.41) is 3.93. The number of hydrogen-bond acceptors (Lipinski definition) is 6. The molecule has 0 unspecified atom stereocenters. The first-order chi connectivity index (χ1) is 10.7. The van der Waals surface area contributed by atoms with Crippen LogP contribution in [0.2, 0.25) is 0 Å². The summed E-state index contributed by atoms with van der Waals surface area (Å²) in [7, 11) is 3.20. The summed E-state index contributed by atoms with van der Waals surface area (Å²) < 4.78 is 11.8. The van der Waals surface area contributed by atoms with Crippen molar-refractivity contribution in [1.29, 1.82) is 0 Å². The number of fused-ring (bicyclic) bond motifs is 1. The molecule has 2 aromatic heterocycles. The number of benzene rings is 1. The maximum Gasteiger partial charge on any atom is 0.275 e. The lowest BCUT2D eigenvalue weighted by atomic mass is 10.1. The van der Waals surface area contributed by atoms with E-state index in [1.54, 1.807) is 31.9 Å². The van der Waals surface area contributed by atoms with Gasteiger partial charge in [-0.25, -0.2) is 4.98 Å². The third kappa shape index (κ3) is 2.71. The number of ether oxygens (including phenoxy) is 2. The van der Waals surface area contributed by atoms with E-state index in [4.69, 9.17) is 9.47 Å². The Labute approximate surface area is 130 Å². The summed E-state index contributed by atoms with van der Waals surface area (Å²) in [6.45, 7) is 0. The zero-order valence-electron chi connectivity index (χ0n) is 12.0. The first-order valence-electron chi connectivity index (χ1n) is 6.45. The van der Waals surface area contributed by atoms with Crippen molar-refractivity contribution in [1.82, 2.24) is 14.6 Å². The summed E-state index contributed by atoms with van der Waals surface area (Å²) in [5.74, 6) is 1.41. The van der Waals surface area contributed by atoms with E-state index < -0.39 is 0 Å². The minimum atomic E-state index is -0.201. The van der Waals surface area contributed by atoms with Crippen molar-refractivity contribution < 1.29 is 9.47 Å². The van der Waals surface area contributed by atoms with Gasteiger partial charge in [0.2, 0.25) is 4.96 Å². The summed E-state index contributed by atoms with van der Waals surface area (Å²) in [5.41, 5.74) is 2.83. The van der Waals surface area contributed by atoms with Crippen LogP contribution in [0.3, 0.4) is 0 Å². The van der Waals surface area contributed by atoms with E-state index in [0.29, 0.717) is 16.4 Å². The molecule has 3 aromatic rings. The van der Waals surface area contributed by atoms with Crippen molar-refractivity contribution in [3.05, 3.63) is 51.4 Å². The highest BCUT2D eigenvalue weighted by molar-refractivity contribution is 7.14. The highest BCUT2D eigenvalue weighted by Crippen LogP contribution is 2.26. The van der Waals surface area contributed by atoms with E-state index in [9.17, 15) is 4.79 Å². The van der Waals surface area contributed by atoms with Crippen LogP contribution in [0.1, 0.15) is 11.3 Å². The largest absolute Gasteiger partial charge is 0.497 e. The van der Waals surface area contributed by atoms with Crippen LogP contribution in [0.4, 0.5) is 0 Å². The van der Waals surface area contributed by atoms with Crippen molar-refractivity contribution in [2.45, 2.75) is 0 Å². The lowest BCUT2D eigenvalue weighted by Gasteiger charge is -2.07. The Morgan fingerprint density at radius 3 is 2.82 bits per heavy atom. The molecule has 0 saturated heterocycles. The predicted octanol–water partition coefficient (Wildman–Crippen LogP) is 2.34. The Bertz CT molecular complexity index is 898. The van der Waals surface area contributed by atoms with E-state index in [-0.39, 0.29) is 5.56 Å². The van der Waals surface area contributed by atoms with Crippen LogP contribution in [0, 0.1) is 0 Å². The molecular weight excluding hydrogens is 302 g/mol. The average Bonchev–Trinajstić information content (AvgIpc) is 3.01. The Morgan fingerprint density at radius 1 is 1.18 bits per heavy atom. The Hall–Kier alpha value is -2.67. The van der Waals surface area contributed by atoms with E-state index in [1.165, 1.54) is 21.9 Å². The van der Waals surface area contributed by atoms with Crippen LogP contribution < -0.4 is 15.0 Å². The second-order valence-corrected chi connectivity index (χ2v) is 5.21. The van der Waals surface area contributed by atoms with E-state index in [2.05, 4.69) is 10.1 Å². The summed E-state index contributed by atoms with van der Waals surface area (Å²) in [6.07, 6.45) is 3.61. The molecule has 0 radical (unpaired) electrons. The highest BCUT2D eigenvalue weighted by atomic mass is 32.1. The number of nitrogens with zero attached hydrogens (tertiary/aromatic N) is 3. The van der Waals surface area contributed by atoms with E-state index in [0.717, 1.165) is 11.3 Å². The van der Waals surface area contributed by atoms with Crippen LogP contribution in [-0.4, -0.2) is 28.8 Å². The van der Waals surface area contributed by atoms with Gasteiger partial charge in [-0.05, 0) is 24.3 Å². The third-order valence-electron chi connectivity index (χ3n) is 3.08. The van der Waals surface area contributed by atoms with Crippen LogP contribution in [0.15, 0.2) is 34.6 Å². The highest BCUT2D eigenvalue weighted by Gasteiger charge is 2.04. The zero-order valence-corrected chi connectivity index (χ0v) is 12.8. The molecule has 0 bridgehead atoms. The fourth-order valence-electron chi connectivity index (χ4n) is 1.99. The molecule has 22 heavy (non-hydrogen) atoms. The van der Waals surface area contributed by atoms with Crippen LogP contribution in [0.25, 0.3) is 17.1 Å². The van der Waals surface area contributed by atoms with Crippen molar-refractivity contribution in [3.8, 4) is 11.5 Å². The van der Waals surface area contributed by atoms with Gasteiger partial charge in [0, 0.05) is 17.7 Å². The molecule has 0 atom stereocenters. The summed E-state index contributed by atoms with van der Waals surface area (Å²) >= 11 is 1.32. The second kappa shape index (κ2) is 5.98. The molecule has 0 aliphatic carbocycles. The molecule has 0 N–H and O–H groups in total. The Morgan fingerprint density at radius 2 is 2.05 bits per heavy atom. The van der Waals surface area contributed by atoms with Gasteiger partial charge in [-0.3, -0.25) is 4.79 Å².